The van der Waals surface area contributed by atoms with Gasteiger partial charge in [-0.05, 0) is 18.2 Å². The van der Waals surface area contributed by atoms with Gasteiger partial charge in [0, 0.05) is 18.0 Å². The number of nitrogen functional groups attached to an aromatic ring is 1. The molecule has 1 aromatic heterocycles. The second kappa shape index (κ2) is 5.80. The van der Waals surface area contributed by atoms with Gasteiger partial charge in [0.2, 0.25) is 0 Å². The molecule has 6 nitrogen and oxygen atoms in total. The summed E-state index contributed by atoms with van der Waals surface area (Å²) in [5, 5.41) is 12.0. The Morgan fingerprint density at radius 3 is 2.60 bits per heavy atom. The fraction of sp³-hybridized carbons (Fsp3) is 0.143. The van der Waals surface area contributed by atoms with Crippen LogP contribution in [0.25, 0.3) is 0 Å². The molecule has 2 aromatic rings. The average Bonchev–Trinajstić information content (AvgIpc) is 2.49. The van der Waals surface area contributed by atoms with Crippen molar-refractivity contribution in [3.63, 3.8) is 0 Å². The summed E-state index contributed by atoms with van der Waals surface area (Å²) < 4.78 is 10.4. The van der Waals surface area contributed by atoms with Crippen molar-refractivity contribution in [2.24, 2.45) is 0 Å². The van der Waals surface area contributed by atoms with Crippen LogP contribution in [0.4, 0.5) is 17.2 Å². The number of nitrogens with one attached hydrogen (secondary N) is 1. The summed E-state index contributed by atoms with van der Waals surface area (Å²) in [5.74, 6) is 1.65. The molecule has 0 saturated carbocycles. The van der Waals surface area contributed by atoms with E-state index in [0.717, 1.165) is 5.69 Å². The number of aromatic nitrogens is 1. The number of hydrogen-bond donors (Lipinski definition) is 2. The molecule has 0 saturated heterocycles. The molecule has 0 aliphatic rings. The summed E-state index contributed by atoms with van der Waals surface area (Å²) in [6.45, 7) is 0. The van der Waals surface area contributed by atoms with Crippen molar-refractivity contribution in [1.82, 2.24) is 4.98 Å². The highest BCUT2D eigenvalue weighted by atomic mass is 16.5. The summed E-state index contributed by atoms with van der Waals surface area (Å²) in [7, 11) is 3.13. The van der Waals surface area contributed by atoms with Gasteiger partial charge >= 0.3 is 0 Å². The Balaban J connectivity index is 2.33. The van der Waals surface area contributed by atoms with Crippen LogP contribution in [-0.2, 0) is 0 Å². The minimum atomic E-state index is 0.310. The molecule has 0 bridgehead atoms. The SMILES string of the molecule is COc1ccc(Nc2nccc(C#N)c2N)cc1OC. The summed E-state index contributed by atoms with van der Waals surface area (Å²) >= 11 is 0. The Morgan fingerprint density at radius 2 is 1.95 bits per heavy atom. The van der Waals surface area contributed by atoms with Gasteiger partial charge in [-0.2, -0.15) is 5.26 Å². The lowest BCUT2D eigenvalue weighted by Gasteiger charge is -2.12. The Morgan fingerprint density at radius 1 is 1.20 bits per heavy atom. The van der Waals surface area contributed by atoms with Crippen LogP contribution in [0.3, 0.4) is 0 Å². The smallest absolute Gasteiger partial charge is 0.162 e. The molecule has 0 fully saturated rings. The Hall–Kier alpha value is -2.94. The Bertz CT molecular complexity index is 665. The second-order valence-corrected chi connectivity index (χ2v) is 3.93. The maximum atomic E-state index is 8.94. The lowest BCUT2D eigenvalue weighted by molar-refractivity contribution is 0.355. The predicted octanol–water partition coefficient (Wildman–Crippen LogP) is 2.30. The third kappa shape index (κ3) is 2.57. The van der Waals surface area contributed by atoms with Crippen LogP contribution >= 0.6 is 0 Å². The lowest BCUT2D eigenvalue weighted by atomic mass is 10.2. The molecule has 0 spiro atoms. The van der Waals surface area contributed by atoms with Crippen molar-refractivity contribution < 1.29 is 9.47 Å². The zero-order valence-electron chi connectivity index (χ0n) is 11.2. The molecule has 1 aromatic carbocycles. The van der Waals surface area contributed by atoms with Gasteiger partial charge in [-0.25, -0.2) is 4.98 Å². The molecule has 20 heavy (non-hydrogen) atoms. The van der Waals surface area contributed by atoms with E-state index in [2.05, 4.69) is 10.3 Å². The molecule has 0 unspecified atom stereocenters. The molecule has 6 heteroatoms. The first-order valence-electron chi connectivity index (χ1n) is 5.83. The second-order valence-electron chi connectivity index (χ2n) is 3.93. The monoisotopic (exact) mass is 270 g/mol. The number of nitrogens with two attached hydrogens (primary N) is 1. The number of hydrogen-bond acceptors (Lipinski definition) is 6. The topological polar surface area (TPSA) is 93.2 Å². The maximum absolute atomic E-state index is 8.94. The third-order valence-corrected chi connectivity index (χ3v) is 2.76. The normalized spacial score (nSPS) is 9.65. The fourth-order valence-corrected chi connectivity index (χ4v) is 1.72. The summed E-state index contributed by atoms with van der Waals surface area (Å²) in [6, 6.07) is 8.92. The van der Waals surface area contributed by atoms with Gasteiger partial charge in [-0.15, -0.1) is 0 Å². The lowest BCUT2D eigenvalue weighted by Crippen LogP contribution is -2.01. The van der Waals surface area contributed by atoms with Crippen LogP contribution in [-0.4, -0.2) is 19.2 Å². The quantitative estimate of drug-likeness (QED) is 0.885. The largest absolute Gasteiger partial charge is 0.493 e. The summed E-state index contributed by atoms with van der Waals surface area (Å²) in [6.07, 6.45) is 1.53. The Kier molecular flexibility index (Phi) is 3.91. The van der Waals surface area contributed by atoms with Crippen LogP contribution in [0.15, 0.2) is 30.5 Å². The highest BCUT2D eigenvalue weighted by Gasteiger charge is 2.08. The molecule has 0 radical (unpaired) electrons. The van der Waals surface area contributed by atoms with E-state index in [1.807, 2.05) is 12.1 Å². The molecule has 0 amide bonds. The van der Waals surface area contributed by atoms with Crippen molar-refractivity contribution in [2.75, 3.05) is 25.3 Å². The molecular weight excluding hydrogens is 256 g/mol. The van der Waals surface area contributed by atoms with Gasteiger partial charge in [0.15, 0.2) is 17.3 Å². The number of pyridine rings is 1. The summed E-state index contributed by atoms with van der Waals surface area (Å²) in [4.78, 5) is 4.12. The number of methoxy groups -OCH3 is 2. The third-order valence-electron chi connectivity index (χ3n) is 2.76. The average molecular weight is 270 g/mol. The number of nitriles is 1. The molecule has 2 rings (SSSR count). The van der Waals surface area contributed by atoms with Crippen LogP contribution < -0.4 is 20.5 Å². The maximum Gasteiger partial charge on any atom is 0.162 e. The van der Waals surface area contributed by atoms with Gasteiger partial charge in [-0.3, -0.25) is 0 Å². The standard InChI is InChI=1S/C14H14N4O2/c1-19-11-4-3-10(7-12(11)20-2)18-14-13(16)9(8-15)5-6-17-14/h3-7H,16H2,1-2H3,(H,17,18). The van der Waals surface area contributed by atoms with E-state index in [0.29, 0.717) is 28.6 Å². The van der Waals surface area contributed by atoms with E-state index in [4.69, 9.17) is 20.5 Å². The number of benzene rings is 1. The van der Waals surface area contributed by atoms with Crippen molar-refractivity contribution in [3.05, 3.63) is 36.0 Å². The number of ether oxygens (including phenoxy) is 2. The number of nitrogens with zero attached hydrogens (tertiary/aromatic N) is 2. The van der Waals surface area contributed by atoms with Gasteiger partial charge in [0.1, 0.15) is 6.07 Å². The molecule has 0 aliphatic carbocycles. The van der Waals surface area contributed by atoms with Crippen molar-refractivity contribution in [2.45, 2.75) is 0 Å². The van der Waals surface area contributed by atoms with Crippen LogP contribution in [0.2, 0.25) is 0 Å². The van der Waals surface area contributed by atoms with Crippen molar-refractivity contribution >= 4 is 17.2 Å². The van der Waals surface area contributed by atoms with E-state index in [9.17, 15) is 0 Å². The molecule has 0 aliphatic heterocycles. The van der Waals surface area contributed by atoms with Crippen LogP contribution in [0, 0.1) is 11.3 Å². The molecule has 3 N–H and O–H groups in total. The van der Waals surface area contributed by atoms with Crippen LogP contribution in [0.5, 0.6) is 11.5 Å². The Labute approximate surface area is 116 Å². The van der Waals surface area contributed by atoms with E-state index in [-0.39, 0.29) is 0 Å². The zero-order chi connectivity index (χ0) is 14.5. The highest BCUT2D eigenvalue weighted by Crippen LogP contribution is 2.32. The van der Waals surface area contributed by atoms with E-state index in [1.54, 1.807) is 32.4 Å². The first kappa shape index (κ1) is 13.5. The summed E-state index contributed by atoms with van der Waals surface area (Å²) in [5.41, 5.74) is 7.29. The number of anilines is 3. The van der Waals surface area contributed by atoms with E-state index >= 15 is 0 Å². The van der Waals surface area contributed by atoms with E-state index < -0.39 is 0 Å². The van der Waals surface area contributed by atoms with Gasteiger partial charge in [-0.1, -0.05) is 0 Å². The van der Waals surface area contributed by atoms with Crippen LogP contribution in [0.1, 0.15) is 5.56 Å². The first-order valence-corrected chi connectivity index (χ1v) is 5.83. The van der Waals surface area contributed by atoms with E-state index in [1.165, 1.54) is 6.20 Å². The van der Waals surface area contributed by atoms with Gasteiger partial charge < -0.3 is 20.5 Å². The minimum absolute atomic E-state index is 0.310. The molecule has 102 valence electrons. The molecule has 0 atom stereocenters. The van der Waals surface area contributed by atoms with Crippen molar-refractivity contribution in [3.8, 4) is 17.6 Å². The predicted molar refractivity (Wildman–Crippen MR) is 76.2 cm³/mol. The van der Waals surface area contributed by atoms with Crippen molar-refractivity contribution in [1.29, 1.82) is 5.26 Å². The highest BCUT2D eigenvalue weighted by molar-refractivity contribution is 5.74. The van der Waals surface area contributed by atoms with Gasteiger partial charge in [0.05, 0.1) is 25.5 Å². The van der Waals surface area contributed by atoms with Gasteiger partial charge in [0.25, 0.3) is 0 Å². The zero-order valence-corrected chi connectivity index (χ0v) is 11.2. The fourth-order valence-electron chi connectivity index (χ4n) is 1.72. The minimum Gasteiger partial charge on any atom is -0.493 e. The number of rotatable bonds is 4. The molecular formula is C14H14N4O2. The molecule has 1 heterocycles. The first-order chi connectivity index (χ1) is 9.69.